The number of ether oxygens (including phenoxy) is 1. The van der Waals surface area contributed by atoms with Crippen LogP contribution in [0.3, 0.4) is 0 Å². The summed E-state index contributed by atoms with van der Waals surface area (Å²) in [6, 6.07) is 8.73. The van der Waals surface area contributed by atoms with Gasteiger partial charge in [-0.15, -0.1) is 0 Å². The minimum Gasteiger partial charge on any atom is -0.500 e. The van der Waals surface area contributed by atoms with Crippen LogP contribution >= 0.6 is 0 Å². The van der Waals surface area contributed by atoms with Gasteiger partial charge in [0.1, 0.15) is 12.2 Å². The Balaban J connectivity index is 1.81. The molecule has 0 bridgehead atoms. The fraction of sp³-hybridized carbons (Fsp3) is 0.227. The van der Waals surface area contributed by atoms with E-state index in [0.29, 0.717) is 12.1 Å². The number of benzene rings is 2. The summed E-state index contributed by atoms with van der Waals surface area (Å²) < 4.78 is 5.21. The number of hydrogen-bond donors (Lipinski definition) is 3. The van der Waals surface area contributed by atoms with Gasteiger partial charge in [-0.25, -0.2) is 9.69 Å². The average Bonchev–Trinajstić information content (AvgIpc) is 3.03. The third kappa shape index (κ3) is 5.09. The molecule has 1 fully saturated rings. The first-order chi connectivity index (χ1) is 15.7. The molecule has 4 amide bonds. The number of carbonyl (C=O) groups excluding carboxylic acids is 3. The van der Waals surface area contributed by atoms with E-state index in [1.165, 1.54) is 12.1 Å². The standard InChI is InChI=1S/C22H22N4O7/c1-3-14-7-5-6-8-15(14)23-19(27)12-25-21(29)16(24-22(25)30)9-13-10-17(26(31)32)20(28)18(11-13)33-4-2/h5-11,28H,3-4,12H2,1-2H3,(H,23,27)(H,24,30)/b16-9+. The first kappa shape index (κ1) is 23.3. The third-order valence-electron chi connectivity index (χ3n) is 4.82. The second-order valence-corrected chi connectivity index (χ2v) is 7.02. The molecular weight excluding hydrogens is 432 g/mol. The number of hydrogen-bond acceptors (Lipinski definition) is 7. The van der Waals surface area contributed by atoms with Crippen molar-refractivity contribution in [2.75, 3.05) is 18.5 Å². The molecule has 3 rings (SSSR count). The maximum absolute atomic E-state index is 12.7. The molecule has 0 spiro atoms. The molecule has 2 aromatic rings. The molecule has 1 aliphatic heterocycles. The molecule has 0 radical (unpaired) electrons. The van der Waals surface area contributed by atoms with E-state index in [4.69, 9.17) is 4.74 Å². The number of aromatic hydroxyl groups is 1. The zero-order chi connectivity index (χ0) is 24.1. The molecule has 0 unspecified atom stereocenters. The van der Waals surface area contributed by atoms with E-state index < -0.39 is 40.8 Å². The normalized spacial score (nSPS) is 14.4. The number of para-hydroxylation sites is 1. The molecular formula is C22H22N4O7. The van der Waals surface area contributed by atoms with E-state index in [-0.39, 0.29) is 23.6 Å². The monoisotopic (exact) mass is 454 g/mol. The lowest BCUT2D eigenvalue weighted by atomic mass is 10.1. The van der Waals surface area contributed by atoms with Crippen LogP contribution in [-0.2, 0) is 16.0 Å². The smallest absolute Gasteiger partial charge is 0.329 e. The Hall–Kier alpha value is -4.41. The highest BCUT2D eigenvalue weighted by molar-refractivity contribution is 6.16. The van der Waals surface area contributed by atoms with Gasteiger partial charge in [-0.05, 0) is 42.7 Å². The predicted molar refractivity (Wildman–Crippen MR) is 119 cm³/mol. The second-order valence-electron chi connectivity index (χ2n) is 7.02. The fourth-order valence-electron chi connectivity index (χ4n) is 3.27. The number of carbonyl (C=O) groups is 3. The van der Waals surface area contributed by atoms with Crippen molar-refractivity contribution in [1.29, 1.82) is 0 Å². The number of nitrogens with zero attached hydrogens (tertiary/aromatic N) is 2. The highest BCUT2D eigenvalue weighted by Gasteiger charge is 2.35. The number of nitro groups is 1. The summed E-state index contributed by atoms with van der Waals surface area (Å²) in [4.78, 5) is 48.6. The number of aryl methyl sites for hydroxylation is 1. The molecule has 0 atom stereocenters. The van der Waals surface area contributed by atoms with Crippen molar-refractivity contribution in [3.63, 3.8) is 0 Å². The van der Waals surface area contributed by atoms with E-state index >= 15 is 0 Å². The van der Waals surface area contributed by atoms with Crippen molar-refractivity contribution >= 4 is 35.3 Å². The van der Waals surface area contributed by atoms with Crippen molar-refractivity contribution < 1.29 is 29.2 Å². The molecule has 11 nitrogen and oxygen atoms in total. The highest BCUT2D eigenvalue weighted by Crippen LogP contribution is 2.37. The zero-order valence-corrected chi connectivity index (χ0v) is 18.0. The lowest BCUT2D eigenvalue weighted by molar-refractivity contribution is -0.386. The number of anilines is 1. The summed E-state index contributed by atoms with van der Waals surface area (Å²) in [6.45, 7) is 3.20. The Labute approximate surface area is 188 Å². The number of urea groups is 1. The van der Waals surface area contributed by atoms with Gasteiger partial charge < -0.3 is 20.5 Å². The molecule has 172 valence electrons. The number of phenolic OH excluding ortho intramolecular Hbond substituents is 1. The predicted octanol–water partition coefficient (Wildman–Crippen LogP) is 2.79. The summed E-state index contributed by atoms with van der Waals surface area (Å²) in [6.07, 6.45) is 1.90. The van der Waals surface area contributed by atoms with Gasteiger partial charge in [0.2, 0.25) is 11.7 Å². The summed E-state index contributed by atoms with van der Waals surface area (Å²) in [5, 5.41) is 26.3. The molecule has 33 heavy (non-hydrogen) atoms. The summed E-state index contributed by atoms with van der Waals surface area (Å²) >= 11 is 0. The second kappa shape index (κ2) is 9.81. The molecule has 11 heteroatoms. The van der Waals surface area contributed by atoms with Crippen LogP contribution < -0.4 is 15.4 Å². The van der Waals surface area contributed by atoms with E-state index in [2.05, 4.69) is 10.6 Å². The lowest BCUT2D eigenvalue weighted by Crippen LogP contribution is -2.38. The number of rotatable bonds is 8. The van der Waals surface area contributed by atoms with Crippen LogP contribution in [0.1, 0.15) is 25.0 Å². The number of nitrogens with one attached hydrogen (secondary N) is 2. The van der Waals surface area contributed by atoms with Gasteiger partial charge in [0, 0.05) is 11.8 Å². The van der Waals surface area contributed by atoms with Crippen molar-refractivity contribution in [1.82, 2.24) is 10.2 Å². The topological polar surface area (TPSA) is 151 Å². The molecule has 1 aliphatic rings. The Morgan fingerprint density at radius 2 is 2.00 bits per heavy atom. The molecule has 1 saturated heterocycles. The van der Waals surface area contributed by atoms with Crippen LogP contribution in [0.25, 0.3) is 6.08 Å². The first-order valence-electron chi connectivity index (χ1n) is 10.1. The maximum atomic E-state index is 12.7. The van der Waals surface area contributed by atoms with Gasteiger partial charge in [0.05, 0.1) is 11.5 Å². The summed E-state index contributed by atoms with van der Waals surface area (Å²) in [5.74, 6) is -2.11. The number of amides is 4. The van der Waals surface area contributed by atoms with Crippen LogP contribution in [0.15, 0.2) is 42.1 Å². The summed E-state index contributed by atoms with van der Waals surface area (Å²) in [5.41, 5.74) is 0.852. The third-order valence-corrected chi connectivity index (χ3v) is 4.82. The van der Waals surface area contributed by atoms with Crippen LogP contribution in [0.5, 0.6) is 11.5 Å². The largest absolute Gasteiger partial charge is 0.500 e. The van der Waals surface area contributed by atoms with Crippen molar-refractivity contribution in [2.45, 2.75) is 20.3 Å². The molecule has 3 N–H and O–H groups in total. The van der Waals surface area contributed by atoms with Gasteiger partial charge in [0.15, 0.2) is 5.75 Å². The molecule has 0 saturated carbocycles. The van der Waals surface area contributed by atoms with Crippen molar-refractivity contribution in [3.05, 3.63) is 63.3 Å². The van der Waals surface area contributed by atoms with E-state index in [1.807, 2.05) is 19.1 Å². The molecule has 0 aliphatic carbocycles. The number of nitro benzene ring substituents is 1. The van der Waals surface area contributed by atoms with Gasteiger partial charge in [0.25, 0.3) is 5.91 Å². The molecule has 0 aromatic heterocycles. The van der Waals surface area contributed by atoms with E-state index in [0.717, 1.165) is 16.5 Å². The first-order valence-corrected chi connectivity index (χ1v) is 10.1. The Morgan fingerprint density at radius 3 is 2.67 bits per heavy atom. The van der Waals surface area contributed by atoms with Gasteiger partial charge >= 0.3 is 11.7 Å². The minimum absolute atomic E-state index is 0.138. The number of imide groups is 1. The Morgan fingerprint density at radius 1 is 1.27 bits per heavy atom. The Bertz CT molecular complexity index is 1160. The highest BCUT2D eigenvalue weighted by atomic mass is 16.6. The van der Waals surface area contributed by atoms with Crippen LogP contribution in [0.2, 0.25) is 0 Å². The average molecular weight is 454 g/mol. The van der Waals surface area contributed by atoms with Gasteiger partial charge in [-0.1, -0.05) is 25.1 Å². The molecule has 2 aromatic carbocycles. The van der Waals surface area contributed by atoms with Crippen molar-refractivity contribution in [3.8, 4) is 11.5 Å². The lowest BCUT2D eigenvalue weighted by Gasteiger charge is -2.13. The van der Waals surface area contributed by atoms with Crippen LogP contribution in [0, 0.1) is 10.1 Å². The quantitative estimate of drug-likeness (QED) is 0.240. The fourth-order valence-corrected chi connectivity index (χ4v) is 3.27. The number of phenols is 1. The SMILES string of the molecule is CCOc1cc(/C=C2/NC(=O)N(CC(=O)Nc3ccccc3CC)C2=O)cc([N+](=O)[O-])c1O. The van der Waals surface area contributed by atoms with E-state index in [1.54, 1.807) is 19.1 Å². The van der Waals surface area contributed by atoms with Crippen LogP contribution in [0.4, 0.5) is 16.2 Å². The summed E-state index contributed by atoms with van der Waals surface area (Å²) in [7, 11) is 0. The zero-order valence-electron chi connectivity index (χ0n) is 18.0. The van der Waals surface area contributed by atoms with Gasteiger partial charge in [-0.3, -0.25) is 19.7 Å². The van der Waals surface area contributed by atoms with Crippen molar-refractivity contribution in [2.24, 2.45) is 0 Å². The maximum Gasteiger partial charge on any atom is 0.329 e. The Kier molecular flexibility index (Phi) is 6.91. The van der Waals surface area contributed by atoms with Crippen LogP contribution in [-0.4, -0.2) is 45.9 Å². The van der Waals surface area contributed by atoms with E-state index in [9.17, 15) is 29.6 Å². The minimum atomic E-state index is -0.802. The molecule has 1 heterocycles. The van der Waals surface area contributed by atoms with Gasteiger partial charge in [-0.2, -0.15) is 0 Å².